The number of aliphatic hydroxyl groups excluding tert-OH is 1. The normalized spacial score (nSPS) is 16.8. The fourth-order valence-corrected chi connectivity index (χ4v) is 6.46. The van der Waals surface area contributed by atoms with Gasteiger partial charge in [0.25, 0.3) is 0 Å². The molecule has 2 aliphatic rings. The highest BCUT2D eigenvalue weighted by Crippen LogP contribution is 2.42. The molecule has 2 aliphatic heterocycles. The number of allylic oxidation sites excluding steroid dienone is 1. The van der Waals surface area contributed by atoms with Crippen molar-refractivity contribution in [3.8, 4) is 45.4 Å². The molecule has 0 spiro atoms. The number of benzene rings is 2. The molecular weight excluding hydrogens is 611 g/mol. The van der Waals surface area contributed by atoms with Gasteiger partial charge >= 0.3 is 0 Å². The number of aromatic nitrogens is 3. The number of likely N-dealkylation sites (tertiary alicyclic amines) is 1. The largest absolute Gasteiger partial charge is 0.481 e. The summed E-state index contributed by atoms with van der Waals surface area (Å²) in [4.78, 5) is 16.3. The minimum atomic E-state index is -0.267. The van der Waals surface area contributed by atoms with Crippen LogP contribution in [0.4, 0.5) is 0 Å². The van der Waals surface area contributed by atoms with Crippen LogP contribution in [-0.4, -0.2) is 71.0 Å². The highest BCUT2D eigenvalue weighted by molar-refractivity contribution is 6.39. The van der Waals surface area contributed by atoms with Crippen molar-refractivity contribution >= 4 is 23.2 Å². The first kappa shape index (κ1) is 31.3. The molecule has 9 nitrogen and oxygen atoms in total. The van der Waals surface area contributed by atoms with Gasteiger partial charge in [0.1, 0.15) is 5.69 Å². The third-order valence-corrected chi connectivity index (χ3v) is 9.01. The monoisotopic (exact) mass is 646 g/mol. The summed E-state index contributed by atoms with van der Waals surface area (Å²) in [6.07, 6.45) is 3.52. The van der Waals surface area contributed by atoms with E-state index < -0.39 is 0 Å². The van der Waals surface area contributed by atoms with Gasteiger partial charge in [-0.15, -0.1) is 0 Å². The van der Waals surface area contributed by atoms with Crippen molar-refractivity contribution < 1.29 is 14.6 Å². The van der Waals surface area contributed by atoms with Crippen LogP contribution in [0.15, 0.2) is 67.0 Å². The van der Waals surface area contributed by atoms with Gasteiger partial charge in [-0.2, -0.15) is 0 Å². The van der Waals surface area contributed by atoms with Crippen LogP contribution in [0.1, 0.15) is 24.1 Å². The van der Waals surface area contributed by atoms with Crippen LogP contribution in [0.25, 0.3) is 33.6 Å². The molecule has 234 valence electrons. The molecular formula is C34H36Cl2N6O3. The number of aliphatic hydroxyl groups is 1. The predicted molar refractivity (Wildman–Crippen MR) is 178 cm³/mol. The molecule has 2 fully saturated rings. The lowest BCUT2D eigenvalue weighted by Crippen LogP contribution is -2.49. The fraction of sp³-hybridized carbons (Fsp3) is 0.324. The van der Waals surface area contributed by atoms with E-state index >= 15 is 0 Å². The van der Waals surface area contributed by atoms with Gasteiger partial charge in [-0.05, 0) is 18.9 Å². The summed E-state index contributed by atoms with van der Waals surface area (Å²) in [5.74, 6) is 0.974. The Hall–Kier alpha value is -3.73. The number of β-amino-alcohol motifs (C(OH)–C–C–N with tert-alkyl or cyclic N) is 1. The Kier molecular flexibility index (Phi) is 9.53. The summed E-state index contributed by atoms with van der Waals surface area (Å²) < 4.78 is 11.2. The van der Waals surface area contributed by atoms with Crippen molar-refractivity contribution in [2.45, 2.75) is 38.1 Å². The average molecular weight is 648 g/mol. The van der Waals surface area contributed by atoms with Crippen molar-refractivity contribution in [3.05, 3.63) is 88.3 Å². The van der Waals surface area contributed by atoms with Gasteiger partial charge in [0.15, 0.2) is 0 Å². The average Bonchev–Trinajstić information content (AvgIpc) is 3.45. The van der Waals surface area contributed by atoms with Crippen LogP contribution in [0.3, 0.4) is 0 Å². The standard InChI is InChI=1S/C34H36Cl2N6O3/c1-20-10-12-22(39-20)14-37-15-30-34(45-3)41-29(16-38-30)27-9-5-7-25(32(27)36)24-6-4-8-26(31(24)35)28-13-11-21(33(40-28)44-2)17-42-18-23(43)19-42/h4-9,11,13,16,22-23,37,39,43H,1,10,12,14-15,17-19H2,2-3H3/t22-/m0/s1. The van der Waals surface area contributed by atoms with Crippen molar-refractivity contribution in [2.24, 2.45) is 0 Å². The summed E-state index contributed by atoms with van der Waals surface area (Å²) in [5, 5.41) is 17.5. The molecule has 2 aromatic heterocycles. The molecule has 4 aromatic rings. The van der Waals surface area contributed by atoms with E-state index in [1.807, 2.05) is 48.5 Å². The number of nitrogens with one attached hydrogen (secondary N) is 2. The molecule has 6 rings (SSSR count). The quantitative estimate of drug-likeness (QED) is 0.188. The summed E-state index contributed by atoms with van der Waals surface area (Å²) in [6.45, 7) is 7.28. The molecule has 0 unspecified atom stereocenters. The molecule has 0 amide bonds. The third kappa shape index (κ3) is 6.78. The van der Waals surface area contributed by atoms with Crippen molar-refractivity contribution in [2.75, 3.05) is 33.9 Å². The fourth-order valence-electron chi connectivity index (χ4n) is 5.82. The number of rotatable bonds is 11. The lowest BCUT2D eigenvalue weighted by atomic mass is 9.98. The van der Waals surface area contributed by atoms with Gasteiger partial charge in [-0.1, -0.05) is 72.2 Å². The Labute approximate surface area is 273 Å². The lowest BCUT2D eigenvalue weighted by molar-refractivity contribution is -0.00330. The maximum Gasteiger partial charge on any atom is 0.237 e. The second kappa shape index (κ2) is 13.7. The first-order valence-electron chi connectivity index (χ1n) is 14.9. The maximum atomic E-state index is 9.64. The molecule has 45 heavy (non-hydrogen) atoms. The van der Waals surface area contributed by atoms with E-state index in [9.17, 15) is 5.11 Å². The highest BCUT2D eigenvalue weighted by Gasteiger charge is 2.26. The maximum absolute atomic E-state index is 9.64. The van der Waals surface area contributed by atoms with Crippen LogP contribution in [0, 0.1) is 0 Å². The molecule has 2 saturated heterocycles. The molecule has 3 N–H and O–H groups in total. The predicted octanol–water partition coefficient (Wildman–Crippen LogP) is 5.73. The van der Waals surface area contributed by atoms with E-state index in [-0.39, 0.29) is 6.10 Å². The Bertz CT molecular complexity index is 1710. The number of nitrogens with zero attached hydrogens (tertiary/aromatic N) is 4. The highest BCUT2D eigenvalue weighted by atomic mass is 35.5. The van der Waals surface area contributed by atoms with E-state index in [0.717, 1.165) is 58.6 Å². The second-order valence-electron chi connectivity index (χ2n) is 11.4. The van der Waals surface area contributed by atoms with Gasteiger partial charge in [0.05, 0.1) is 48.0 Å². The van der Waals surface area contributed by atoms with Crippen LogP contribution in [-0.2, 0) is 13.1 Å². The van der Waals surface area contributed by atoms with Crippen LogP contribution >= 0.6 is 23.2 Å². The Morgan fingerprint density at radius 3 is 2.20 bits per heavy atom. The molecule has 4 heterocycles. The van der Waals surface area contributed by atoms with Gasteiger partial charge < -0.3 is 25.2 Å². The molecule has 0 bridgehead atoms. The number of methoxy groups -OCH3 is 2. The van der Waals surface area contributed by atoms with E-state index in [1.165, 1.54) is 0 Å². The number of hydrogen-bond donors (Lipinski definition) is 3. The van der Waals surface area contributed by atoms with Crippen molar-refractivity contribution in [3.63, 3.8) is 0 Å². The molecule has 2 aromatic carbocycles. The molecule has 0 aliphatic carbocycles. The van der Waals surface area contributed by atoms with Crippen LogP contribution < -0.4 is 20.1 Å². The molecule has 0 saturated carbocycles. The van der Waals surface area contributed by atoms with E-state index in [1.54, 1.807) is 20.4 Å². The number of pyridine rings is 1. The van der Waals surface area contributed by atoms with Gasteiger partial charge in [0.2, 0.25) is 11.8 Å². The van der Waals surface area contributed by atoms with Crippen molar-refractivity contribution in [1.82, 2.24) is 30.5 Å². The zero-order valence-electron chi connectivity index (χ0n) is 25.3. The molecule has 11 heteroatoms. The number of hydrogen-bond acceptors (Lipinski definition) is 9. The summed E-state index contributed by atoms with van der Waals surface area (Å²) >= 11 is 14.1. The smallest absolute Gasteiger partial charge is 0.237 e. The van der Waals surface area contributed by atoms with Crippen LogP contribution in [0.2, 0.25) is 10.0 Å². The van der Waals surface area contributed by atoms with Gasteiger partial charge in [0, 0.05) is 72.3 Å². The summed E-state index contributed by atoms with van der Waals surface area (Å²) in [6, 6.07) is 15.9. The zero-order valence-corrected chi connectivity index (χ0v) is 26.8. The lowest BCUT2D eigenvalue weighted by Gasteiger charge is -2.35. The first-order valence-corrected chi connectivity index (χ1v) is 15.7. The molecule has 1 atom stereocenters. The Balaban J connectivity index is 1.24. The third-order valence-electron chi connectivity index (χ3n) is 8.19. The van der Waals surface area contributed by atoms with E-state index in [2.05, 4.69) is 27.1 Å². The minimum absolute atomic E-state index is 0.267. The molecule has 0 radical (unpaired) electrons. The van der Waals surface area contributed by atoms with Gasteiger partial charge in [-0.25, -0.2) is 9.97 Å². The Morgan fingerprint density at radius 2 is 1.58 bits per heavy atom. The zero-order chi connectivity index (χ0) is 31.5. The van der Waals surface area contributed by atoms with Crippen LogP contribution in [0.5, 0.6) is 11.8 Å². The second-order valence-corrected chi connectivity index (χ2v) is 12.1. The topological polar surface area (TPSA) is 105 Å². The van der Waals surface area contributed by atoms with Gasteiger partial charge in [-0.3, -0.25) is 9.88 Å². The Morgan fingerprint density at radius 1 is 0.933 bits per heavy atom. The number of halogens is 2. The van der Waals surface area contributed by atoms with Crippen molar-refractivity contribution in [1.29, 1.82) is 0 Å². The summed E-state index contributed by atoms with van der Waals surface area (Å²) in [5.41, 5.74) is 7.05. The van der Waals surface area contributed by atoms with E-state index in [4.69, 9.17) is 42.6 Å². The van der Waals surface area contributed by atoms with E-state index in [0.29, 0.717) is 65.4 Å². The SMILES string of the molecule is C=C1CC[C@@H](CNCc2ncc(-c3cccc(-c4cccc(-c5ccc(CN6CC(O)C6)c(OC)n5)c4Cl)c3Cl)nc2OC)N1. The first-order chi connectivity index (χ1) is 21.8. The summed E-state index contributed by atoms with van der Waals surface area (Å²) in [7, 11) is 3.20. The number of ether oxygens (including phenoxy) is 2. The minimum Gasteiger partial charge on any atom is -0.481 e.